The Labute approximate surface area is 202 Å². The minimum absolute atomic E-state index is 0.136. The second-order valence-corrected chi connectivity index (χ2v) is 9.25. The van der Waals surface area contributed by atoms with Gasteiger partial charge in [0.1, 0.15) is 17.8 Å². The van der Waals surface area contributed by atoms with Gasteiger partial charge in [0.05, 0.1) is 18.7 Å². The molecule has 2 heterocycles. The van der Waals surface area contributed by atoms with Crippen LogP contribution in [-0.4, -0.2) is 54.4 Å². The number of hydrogen-bond acceptors (Lipinski definition) is 6. The van der Waals surface area contributed by atoms with Crippen molar-refractivity contribution in [3.8, 4) is 6.07 Å². The van der Waals surface area contributed by atoms with E-state index in [1.54, 1.807) is 24.3 Å². The third-order valence-corrected chi connectivity index (χ3v) is 6.61. The van der Waals surface area contributed by atoms with E-state index in [9.17, 15) is 19.2 Å². The second kappa shape index (κ2) is 10.6. The highest BCUT2D eigenvalue weighted by molar-refractivity contribution is 6.00. The number of amides is 3. The molecule has 10 nitrogen and oxygen atoms in total. The first kappa shape index (κ1) is 24.3. The summed E-state index contributed by atoms with van der Waals surface area (Å²) in [6.45, 7) is 0.603. The number of carbonyl (C=O) groups excluding carboxylic acids is 4. The van der Waals surface area contributed by atoms with Crippen molar-refractivity contribution in [2.75, 3.05) is 13.7 Å². The number of carbonyl (C=O) groups is 4. The maximum atomic E-state index is 13.2. The van der Waals surface area contributed by atoms with Crippen LogP contribution in [0.4, 0.5) is 0 Å². The molecule has 35 heavy (non-hydrogen) atoms. The van der Waals surface area contributed by atoms with Gasteiger partial charge in [-0.2, -0.15) is 5.26 Å². The van der Waals surface area contributed by atoms with Crippen molar-refractivity contribution >= 4 is 34.6 Å². The van der Waals surface area contributed by atoms with Crippen molar-refractivity contribution in [3.63, 3.8) is 0 Å². The normalized spacial score (nSPS) is 19.2. The molecular weight excluding hydrogens is 450 g/mol. The number of fused-ring (bicyclic) bond motifs is 1. The van der Waals surface area contributed by atoms with E-state index in [4.69, 9.17) is 10.00 Å². The summed E-state index contributed by atoms with van der Waals surface area (Å²) in [4.78, 5) is 53.8. The summed E-state index contributed by atoms with van der Waals surface area (Å²) in [6.07, 6.45) is 3.98. The molecule has 1 aliphatic carbocycles. The maximum absolute atomic E-state index is 13.2. The molecule has 1 saturated heterocycles. The third-order valence-electron chi connectivity index (χ3n) is 6.61. The number of rotatable bonds is 9. The molecule has 2 aromatic rings. The molecule has 0 spiro atoms. The molecule has 1 aromatic carbocycles. The quantitative estimate of drug-likeness (QED) is 0.400. The van der Waals surface area contributed by atoms with Crippen molar-refractivity contribution in [1.29, 1.82) is 5.26 Å². The second-order valence-electron chi connectivity index (χ2n) is 9.25. The van der Waals surface area contributed by atoms with Gasteiger partial charge in [0, 0.05) is 23.4 Å². The lowest BCUT2D eigenvalue weighted by molar-refractivity contribution is -0.146. The van der Waals surface area contributed by atoms with E-state index in [2.05, 4.69) is 27.0 Å². The standard InChI is InChI=1S/C25H29N5O5/c1-35-25(34)21(12-17-3-2-8-27-22(17)31)30-23(32)19(9-14-4-5-14)29-24(33)20-11-16-7-6-15(13-26)10-18(16)28-20/h6-7,10-11,14,17,19,21,28H,2-5,8-9,12H2,1H3,(H,27,31)(H,29,33)(H,30,32)/t17-,19-,21-/m0/s1. The fourth-order valence-corrected chi connectivity index (χ4v) is 4.45. The predicted molar refractivity (Wildman–Crippen MR) is 126 cm³/mol. The monoisotopic (exact) mass is 479 g/mol. The molecule has 1 saturated carbocycles. The van der Waals surface area contributed by atoms with Crippen LogP contribution in [0.3, 0.4) is 0 Å². The summed E-state index contributed by atoms with van der Waals surface area (Å²) in [5.74, 6) is -1.78. The Kier molecular flexibility index (Phi) is 7.34. The van der Waals surface area contributed by atoms with Crippen LogP contribution in [0.2, 0.25) is 0 Å². The molecule has 0 radical (unpaired) electrons. The lowest BCUT2D eigenvalue weighted by Gasteiger charge is -2.27. The lowest BCUT2D eigenvalue weighted by Crippen LogP contribution is -2.53. The highest BCUT2D eigenvalue weighted by Crippen LogP contribution is 2.33. The fourth-order valence-electron chi connectivity index (χ4n) is 4.45. The number of hydrogen-bond donors (Lipinski definition) is 4. The van der Waals surface area contributed by atoms with Crippen LogP contribution < -0.4 is 16.0 Å². The summed E-state index contributed by atoms with van der Waals surface area (Å²) in [7, 11) is 1.24. The van der Waals surface area contributed by atoms with Crippen molar-refractivity contribution in [3.05, 3.63) is 35.5 Å². The maximum Gasteiger partial charge on any atom is 0.328 e. The van der Waals surface area contributed by atoms with Gasteiger partial charge in [0.2, 0.25) is 11.8 Å². The minimum Gasteiger partial charge on any atom is -0.467 e. The summed E-state index contributed by atoms with van der Waals surface area (Å²) >= 11 is 0. The average molecular weight is 480 g/mol. The molecular formula is C25H29N5O5. The molecule has 2 aliphatic rings. The summed E-state index contributed by atoms with van der Waals surface area (Å²) in [5, 5.41) is 18.1. The van der Waals surface area contributed by atoms with Crippen molar-refractivity contribution < 1.29 is 23.9 Å². The molecule has 4 N–H and O–H groups in total. The summed E-state index contributed by atoms with van der Waals surface area (Å²) < 4.78 is 4.87. The van der Waals surface area contributed by atoms with Crippen LogP contribution in [0.15, 0.2) is 24.3 Å². The zero-order chi connectivity index (χ0) is 24.9. The van der Waals surface area contributed by atoms with Crippen LogP contribution in [0.1, 0.15) is 54.6 Å². The number of nitriles is 1. The molecule has 3 atom stereocenters. The Morgan fingerprint density at radius 2 is 1.94 bits per heavy atom. The fraction of sp³-hybridized carbons (Fsp3) is 0.480. The van der Waals surface area contributed by atoms with Gasteiger partial charge in [-0.1, -0.05) is 18.9 Å². The van der Waals surface area contributed by atoms with E-state index in [1.807, 2.05) is 0 Å². The molecule has 184 valence electrons. The van der Waals surface area contributed by atoms with Crippen molar-refractivity contribution in [1.82, 2.24) is 20.9 Å². The number of ether oxygens (including phenoxy) is 1. The highest BCUT2D eigenvalue weighted by Gasteiger charge is 2.35. The molecule has 0 unspecified atom stereocenters. The Morgan fingerprint density at radius 3 is 2.63 bits per heavy atom. The smallest absolute Gasteiger partial charge is 0.328 e. The molecule has 3 amide bonds. The summed E-state index contributed by atoms with van der Waals surface area (Å²) in [6, 6.07) is 6.96. The number of piperidine rings is 1. The van der Waals surface area contributed by atoms with Gasteiger partial charge in [0.25, 0.3) is 5.91 Å². The van der Waals surface area contributed by atoms with Crippen LogP contribution in [0.25, 0.3) is 10.9 Å². The number of methoxy groups -OCH3 is 1. The molecule has 4 rings (SSSR count). The van der Waals surface area contributed by atoms with E-state index in [0.717, 1.165) is 24.6 Å². The van der Waals surface area contributed by atoms with E-state index >= 15 is 0 Å². The average Bonchev–Trinajstić information content (AvgIpc) is 3.58. The van der Waals surface area contributed by atoms with Gasteiger partial charge in [-0.3, -0.25) is 14.4 Å². The SMILES string of the molecule is COC(=O)[C@H](C[C@@H]1CCCNC1=O)NC(=O)[C@H](CC1CC1)NC(=O)c1cc2ccc(C#N)cc2[nH]1. The van der Waals surface area contributed by atoms with Crippen LogP contribution in [-0.2, 0) is 19.1 Å². The van der Waals surface area contributed by atoms with Gasteiger partial charge in [-0.05, 0) is 49.8 Å². The molecule has 1 aliphatic heterocycles. The first-order chi connectivity index (χ1) is 16.9. The Bertz CT molecular complexity index is 1180. The Hall–Kier alpha value is -3.87. The third kappa shape index (κ3) is 5.98. The van der Waals surface area contributed by atoms with Crippen molar-refractivity contribution in [2.45, 2.75) is 50.6 Å². The van der Waals surface area contributed by atoms with Crippen LogP contribution in [0.5, 0.6) is 0 Å². The van der Waals surface area contributed by atoms with E-state index in [1.165, 1.54) is 7.11 Å². The number of nitrogens with one attached hydrogen (secondary N) is 4. The zero-order valence-electron chi connectivity index (χ0n) is 19.6. The number of H-pyrrole nitrogens is 1. The van der Waals surface area contributed by atoms with E-state index < -0.39 is 35.8 Å². The van der Waals surface area contributed by atoms with Gasteiger partial charge in [0.15, 0.2) is 0 Å². The van der Waals surface area contributed by atoms with Gasteiger partial charge < -0.3 is 25.7 Å². The van der Waals surface area contributed by atoms with Crippen molar-refractivity contribution in [2.24, 2.45) is 11.8 Å². The number of benzene rings is 1. The highest BCUT2D eigenvalue weighted by atomic mass is 16.5. The number of aromatic nitrogens is 1. The number of nitrogens with zero attached hydrogens (tertiary/aromatic N) is 1. The number of esters is 1. The molecule has 0 bridgehead atoms. The lowest BCUT2D eigenvalue weighted by atomic mass is 9.91. The molecule has 1 aromatic heterocycles. The molecule has 10 heteroatoms. The zero-order valence-corrected chi connectivity index (χ0v) is 19.6. The summed E-state index contributed by atoms with van der Waals surface area (Å²) in [5.41, 5.74) is 1.39. The number of aromatic amines is 1. The Balaban J connectivity index is 1.46. The molecule has 2 fully saturated rings. The topological polar surface area (TPSA) is 153 Å². The predicted octanol–water partition coefficient (Wildman–Crippen LogP) is 1.51. The van der Waals surface area contributed by atoms with Crippen LogP contribution >= 0.6 is 0 Å². The van der Waals surface area contributed by atoms with Crippen LogP contribution in [0, 0.1) is 23.2 Å². The Morgan fingerprint density at radius 1 is 1.14 bits per heavy atom. The van der Waals surface area contributed by atoms with E-state index in [-0.39, 0.29) is 18.0 Å². The van der Waals surface area contributed by atoms with Gasteiger partial charge >= 0.3 is 5.97 Å². The van der Waals surface area contributed by atoms with Gasteiger partial charge in [-0.25, -0.2) is 4.79 Å². The van der Waals surface area contributed by atoms with E-state index in [0.29, 0.717) is 36.4 Å². The first-order valence-corrected chi connectivity index (χ1v) is 11.9. The first-order valence-electron chi connectivity index (χ1n) is 11.9. The van der Waals surface area contributed by atoms with Gasteiger partial charge in [-0.15, -0.1) is 0 Å². The minimum atomic E-state index is -0.988. The largest absolute Gasteiger partial charge is 0.467 e.